The number of hydrogen-bond acceptors (Lipinski definition) is 6. The number of carbonyl (C=O) groups excluding carboxylic acids is 1. The Morgan fingerprint density at radius 2 is 2.04 bits per heavy atom. The molecule has 4 heterocycles. The molecular formula is C17H18N4O2S2. The Labute approximate surface area is 152 Å². The van der Waals surface area contributed by atoms with E-state index in [1.807, 2.05) is 34.8 Å². The van der Waals surface area contributed by atoms with Gasteiger partial charge in [-0.3, -0.25) is 14.2 Å². The Bertz CT molecular complexity index is 953. The number of rotatable bonds is 3. The number of thiophene rings is 2. The van der Waals surface area contributed by atoms with Crippen molar-refractivity contribution in [3.8, 4) is 10.4 Å². The van der Waals surface area contributed by atoms with Crippen molar-refractivity contribution in [2.75, 3.05) is 33.2 Å². The van der Waals surface area contributed by atoms with E-state index in [0.29, 0.717) is 18.5 Å². The van der Waals surface area contributed by atoms with Gasteiger partial charge in [0.15, 0.2) is 0 Å². The normalized spacial score (nSPS) is 15.8. The largest absolute Gasteiger partial charge is 0.339 e. The molecule has 8 heteroatoms. The van der Waals surface area contributed by atoms with E-state index in [9.17, 15) is 9.59 Å². The minimum absolute atomic E-state index is 0.0238. The smallest absolute Gasteiger partial charge is 0.263 e. The molecule has 25 heavy (non-hydrogen) atoms. The summed E-state index contributed by atoms with van der Waals surface area (Å²) < 4.78 is 1.44. The van der Waals surface area contributed by atoms with Crippen molar-refractivity contribution in [2.24, 2.45) is 0 Å². The third-order valence-corrected chi connectivity index (χ3v) is 6.30. The van der Waals surface area contributed by atoms with Crippen molar-refractivity contribution < 1.29 is 4.79 Å². The first-order valence-corrected chi connectivity index (χ1v) is 9.86. The number of nitrogens with zero attached hydrogens (tertiary/aromatic N) is 4. The van der Waals surface area contributed by atoms with Gasteiger partial charge in [-0.05, 0) is 18.5 Å². The van der Waals surface area contributed by atoms with Crippen LogP contribution in [0.2, 0.25) is 0 Å². The molecule has 3 aromatic heterocycles. The van der Waals surface area contributed by atoms with Crippen LogP contribution in [0.15, 0.2) is 34.0 Å². The molecule has 0 radical (unpaired) electrons. The van der Waals surface area contributed by atoms with E-state index in [1.165, 1.54) is 22.2 Å². The molecule has 0 spiro atoms. The molecule has 1 amide bonds. The monoisotopic (exact) mass is 374 g/mol. The zero-order valence-corrected chi connectivity index (χ0v) is 15.5. The lowest BCUT2D eigenvalue weighted by molar-refractivity contribution is -0.133. The minimum atomic E-state index is -0.142. The second-order valence-corrected chi connectivity index (χ2v) is 7.97. The fraction of sp³-hybridized carbons (Fsp3) is 0.353. The standard InChI is InChI=1S/C17H18N4O2S2/c1-19-4-6-20(7-5-19)14(22)9-21-11-18-16-15(17(21)23)12(10-25-16)13-3-2-8-24-13/h2-3,8,10-11H,4-7,9H2,1H3. The molecule has 0 aromatic carbocycles. The van der Waals surface area contributed by atoms with Gasteiger partial charge in [0.2, 0.25) is 5.91 Å². The predicted octanol–water partition coefficient (Wildman–Crippen LogP) is 1.96. The Hall–Kier alpha value is -2.03. The number of likely N-dealkylation sites (N-methyl/N-ethyl adjacent to an activating group) is 1. The molecule has 0 aliphatic carbocycles. The van der Waals surface area contributed by atoms with Crippen LogP contribution >= 0.6 is 22.7 Å². The SMILES string of the molecule is CN1CCN(C(=O)Cn2cnc3scc(-c4cccs4)c3c2=O)CC1. The first-order valence-electron chi connectivity index (χ1n) is 8.10. The van der Waals surface area contributed by atoms with Crippen LogP contribution in [0.4, 0.5) is 0 Å². The number of aromatic nitrogens is 2. The van der Waals surface area contributed by atoms with Gasteiger partial charge in [0.1, 0.15) is 11.4 Å². The molecule has 1 aliphatic rings. The molecule has 0 bridgehead atoms. The molecule has 1 saturated heterocycles. The first kappa shape index (κ1) is 16.4. The zero-order valence-electron chi connectivity index (χ0n) is 13.8. The van der Waals surface area contributed by atoms with Crippen LogP contribution in [0.25, 0.3) is 20.7 Å². The molecular weight excluding hydrogens is 356 g/mol. The van der Waals surface area contributed by atoms with E-state index >= 15 is 0 Å². The number of piperazine rings is 1. The quantitative estimate of drug-likeness (QED) is 0.703. The summed E-state index contributed by atoms with van der Waals surface area (Å²) in [5, 5.41) is 4.57. The van der Waals surface area contributed by atoms with Crippen LogP contribution in [0.5, 0.6) is 0 Å². The van der Waals surface area contributed by atoms with Crippen molar-refractivity contribution in [2.45, 2.75) is 6.54 Å². The highest BCUT2D eigenvalue weighted by Gasteiger charge is 2.21. The molecule has 3 aromatic rings. The van der Waals surface area contributed by atoms with Crippen LogP contribution < -0.4 is 5.56 Å². The topological polar surface area (TPSA) is 58.4 Å². The van der Waals surface area contributed by atoms with Crippen LogP contribution in [0.1, 0.15) is 0 Å². The van der Waals surface area contributed by atoms with Crippen LogP contribution in [-0.4, -0.2) is 58.5 Å². The molecule has 130 valence electrons. The molecule has 0 atom stereocenters. The highest BCUT2D eigenvalue weighted by molar-refractivity contribution is 7.18. The summed E-state index contributed by atoms with van der Waals surface area (Å²) in [7, 11) is 2.05. The van der Waals surface area contributed by atoms with E-state index in [4.69, 9.17) is 0 Å². The highest BCUT2D eigenvalue weighted by atomic mass is 32.1. The molecule has 6 nitrogen and oxygen atoms in total. The second kappa shape index (κ2) is 6.70. The van der Waals surface area contributed by atoms with E-state index < -0.39 is 0 Å². The number of fused-ring (bicyclic) bond motifs is 1. The van der Waals surface area contributed by atoms with Crippen molar-refractivity contribution >= 4 is 38.8 Å². The van der Waals surface area contributed by atoms with E-state index in [-0.39, 0.29) is 18.0 Å². The Morgan fingerprint density at radius 1 is 1.24 bits per heavy atom. The van der Waals surface area contributed by atoms with E-state index in [2.05, 4.69) is 9.88 Å². The van der Waals surface area contributed by atoms with Gasteiger partial charge in [-0.2, -0.15) is 0 Å². The van der Waals surface area contributed by atoms with Gasteiger partial charge >= 0.3 is 0 Å². The lowest BCUT2D eigenvalue weighted by Gasteiger charge is -2.32. The predicted molar refractivity (Wildman–Crippen MR) is 101 cm³/mol. The van der Waals surface area contributed by atoms with Crippen molar-refractivity contribution in [3.05, 3.63) is 39.6 Å². The molecule has 0 saturated carbocycles. The maximum Gasteiger partial charge on any atom is 0.263 e. The van der Waals surface area contributed by atoms with Crippen LogP contribution in [-0.2, 0) is 11.3 Å². The highest BCUT2D eigenvalue weighted by Crippen LogP contribution is 2.33. The number of amides is 1. The number of carbonyl (C=O) groups is 1. The van der Waals surface area contributed by atoms with Gasteiger partial charge in [0.05, 0.1) is 11.7 Å². The Kier molecular flexibility index (Phi) is 4.41. The number of hydrogen-bond donors (Lipinski definition) is 0. The summed E-state index contributed by atoms with van der Waals surface area (Å²) in [6, 6.07) is 3.97. The third kappa shape index (κ3) is 3.12. The summed E-state index contributed by atoms with van der Waals surface area (Å²) in [6.07, 6.45) is 1.49. The van der Waals surface area contributed by atoms with E-state index in [0.717, 1.165) is 28.4 Å². The molecule has 4 rings (SSSR count). The van der Waals surface area contributed by atoms with E-state index in [1.54, 1.807) is 11.3 Å². The minimum Gasteiger partial charge on any atom is -0.339 e. The van der Waals surface area contributed by atoms with Crippen LogP contribution in [0.3, 0.4) is 0 Å². The fourth-order valence-corrected chi connectivity index (χ4v) is 4.72. The maximum absolute atomic E-state index is 12.9. The average Bonchev–Trinajstić information content (AvgIpc) is 3.27. The maximum atomic E-state index is 12.9. The van der Waals surface area contributed by atoms with Crippen molar-refractivity contribution in [1.29, 1.82) is 0 Å². The molecule has 0 unspecified atom stereocenters. The van der Waals surface area contributed by atoms with Gasteiger partial charge in [-0.25, -0.2) is 4.98 Å². The molecule has 1 fully saturated rings. The lowest BCUT2D eigenvalue weighted by Crippen LogP contribution is -2.48. The summed E-state index contributed by atoms with van der Waals surface area (Å²) >= 11 is 3.06. The summed E-state index contributed by atoms with van der Waals surface area (Å²) in [6.45, 7) is 3.19. The zero-order chi connectivity index (χ0) is 17.4. The first-order chi connectivity index (χ1) is 12.1. The molecule has 0 N–H and O–H groups in total. The average molecular weight is 374 g/mol. The van der Waals surface area contributed by atoms with Crippen LogP contribution in [0, 0.1) is 0 Å². The van der Waals surface area contributed by atoms with Gasteiger partial charge < -0.3 is 9.80 Å². The Morgan fingerprint density at radius 3 is 2.76 bits per heavy atom. The Balaban J connectivity index is 1.64. The third-order valence-electron chi connectivity index (χ3n) is 4.51. The fourth-order valence-electron chi connectivity index (χ4n) is 2.99. The lowest BCUT2D eigenvalue weighted by atomic mass is 10.2. The molecule has 1 aliphatic heterocycles. The van der Waals surface area contributed by atoms with Gasteiger partial charge in [0.25, 0.3) is 5.56 Å². The summed E-state index contributed by atoms with van der Waals surface area (Å²) in [4.78, 5) is 35.6. The van der Waals surface area contributed by atoms with Gasteiger partial charge in [0, 0.05) is 42.0 Å². The second-order valence-electron chi connectivity index (χ2n) is 6.17. The van der Waals surface area contributed by atoms with Gasteiger partial charge in [-0.1, -0.05) is 6.07 Å². The summed E-state index contributed by atoms with van der Waals surface area (Å²) in [5.41, 5.74) is 0.769. The van der Waals surface area contributed by atoms with Crippen molar-refractivity contribution in [3.63, 3.8) is 0 Å². The van der Waals surface area contributed by atoms with Crippen molar-refractivity contribution in [1.82, 2.24) is 19.4 Å². The van der Waals surface area contributed by atoms with Gasteiger partial charge in [-0.15, -0.1) is 22.7 Å². The summed E-state index contributed by atoms with van der Waals surface area (Å²) in [5.74, 6) is -0.0238.